The van der Waals surface area contributed by atoms with Gasteiger partial charge in [-0.1, -0.05) is 18.2 Å². The van der Waals surface area contributed by atoms with Gasteiger partial charge in [0.2, 0.25) is 0 Å². The molecule has 0 saturated carbocycles. The van der Waals surface area contributed by atoms with Crippen LogP contribution in [0, 0.1) is 0 Å². The molecule has 1 saturated heterocycles. The Morgan fingerprint density at radius 2 is 2.00 bits per heavy atom. The van der Waals surface area contributed by atoms with Gasteiger partial charge in [-0.25, -0.2) is 4.79 Å². The first-order valence-corrected chi connectivity index (χ1v) is 9.21. The van der Waals surface area contributed by atoms with Gasteiger partial charge < -0.3 is 10.0 Å². The Bertz CT molecular complexity index is 1000. The number of rotatable bonds is 4. The van der Waals surface area contributed by atoms with E-state index in [1.165, 1.54) is 0 Å². The second kappa shape index (κ2) is 7.64. The molecule has 0 unspecified atom stereocenters. The van der Waals surface area contributed by atoms with Gasteiger partial charge in [0.15, 0.2) is 0 Å². The maximum atomic E-state index is 12.9. The average molecular weight is 376 g/mol. The highest BCUT2D eigenvalue weighted by Crippen LogP contribution is 2.28. The van der Waals surface area contributed by atoms with Crippen molar-refractivity contribution in [2.45, 2.75) is 18.8 Å². The smallest absolute Gasteiger partial charge is 0.335 e. The SMILES string of the molecule is O=C(O)c1cccc([C@H]2CCCN(C(=O)c3cc(-c4ccccn4)n[nH]3)C2)c1. The number of carboxylic acids is 1. The minimum atomic E-state index is -0.940. The van der Waals surface area contributed by atoms with Gasteiger partial charge in [0, 0.05) is 25.2 Å². The van der Waals surface area contributed by atoms with Gasteiger partial charge in [0.25, 0.3) is 5.91 Å². The minimum absolute atomic E-state index is 0.103. The van der Waals surface area contributed by atoms with E-state index in [4.69, 9.17) is 0 Å². The Labute approximate surface area is 162 Å². The molecule has 7 heteroatoms. The van der Waals surface area contributed by atoms with E-state index in [2.05, 4.69) is 15.2 Å². The number of carboxylic acid groups (broad SMARTS) is 1. The number of benzene rings is 1. The minimum Gasteiger partial charge on any atom is -0.478 e. The third kappa shape index (κ3) is 3.64. The first-order chi connectivity index (χ1) is 13.6. The summed E-state index contributed by atoms with van der Waals surface area (Å²) >= 11 is 0. The number of hydrogen-bond acceptors (Lipinski definition) is 4. The number of hydrogen-bond donors (Lipinski definition) is 2. The molecule has 0 spiro atoms. The number of aromatic carboxylic acids is 1. The number of likely N-dealkylation sites (tertiary alicyclic amines) is 1. The number of carbonyl (C=O) groups excluding carboxylic acids is 1. The molecule has 1 atom stereocenters. The van der Waals surface area contributed by atoms with E-state index >= 15 is 0 Å². The monoisotopic (exact) mass is 376 g/mol. The Hall–Kier alpha value is -3.48. The normalized spacial score (nSPS) is 16.7. The predicted molar refractivity (Wildman–Crippen MR) is 103 cm³/mol. The van der Waals surface area contributed by atoms with Crippen molar-refractivity contribution in [3.8, 4) is 11.4 Å². The molecule has 1 aliphatic rings. The summed E-state index contributed by atoms with van der Waals surface area (Å²) < 4.78 is 0. The number of carbonyl (C=O) groups is 2. The van der Waals surface area contributed by atoms with Crippen LogP contribution in [0.15, 0.2) is 54.7 Å². The number of pyridine rings is 1. The lowest BCUT2D eigenvalue weighted by molar-refractivity contribution is 0.0685. The Morgan fingerprint density at radius 3 is 2.79 bits per heavy atom. The molecule has 142 valence electrons. The molecule has 1 aliphatic heterocycles. The van der Waals surface area contributed by atoms with Gasteiger partial charge in [-0.15, -0.1) is 0 Å². The summed E-state index contributed by atoms with van der Waals surface area (Å²) in [6.07, 6.45) is 3.48. The van der Waals surface area contributed by atoms with Crippen molar-refractivity contribution in [2.75, 3.05) is 13.1 Å². The van der Waals surface area contributed by atoms with Gasteiger partial charge in [-0.05, 0) is 48.7 Å². The van der Waals surface area contributed by atoms with Crippen molar-refractivity contribution in [1.29, 1.82) is 0 Å². The molecule has 1 amide bonds. The van der Waals surface area contributed by atoms with E-state index in [1.54, 1.807) is 35.4 Å². The van der Waals surface area contributed by atoms with Crippen molar-refractivity contribution in [1.82, 2.24) is 20.1 Å². The lowest BCUT2D eigenvalue weighted by atomic mass is 9.89. The van der Waals surface area contributed by atoms with Crippen LogP contribution >= 0.6 is 0 Å². The highest BCUT2D eigenvalue weighted by atomic mass is 16.4. The molecule has 2 aromatic heterocycles. The summed E-state index contributed by atoms with van der Waals surface area (Å²) in [6, 6.07) is 14.2. The topological polar surface area (TPSA) is 99.2 Å². The molecular weight excluding hydrogens is 356 g/mol. The number of piperidine rings is 1. The summed E-state index contributed by atoms with van der Waals surface area (Å²) in [5, 5.41) is 16.2. The molecule has 0 aliphatic carbocycles. The molecule has 3 heterocycles. The molecule has 7 nitrogen and oxygen atoms in total. The van der Waals surface area contributed by atoms with Gasteiger partial charge in [0.1, 0.15) is 11.4 Å². The zero-order valence-electron chi connectivity index (χ0n) is 15.2. The number of aromatic nitrogens is 3. The number of amides is 1. The predicted octanol–water partition coefficient (Wildman–Crippen LogP) is 3.19. The van der Waals surface area contributed by atoms with Gasteiger partial charge >= 0.3 is 5.97 Å². The van der Waals surface area contributed by atoms with Crippen LogP contribution in [-0.2, 0) is 0 Å². The van der Waals surface area contributed by atoms with E-state index in [0.29, 0.717) is 30.2 Å². The van der Waals surface area contributed by atoms with Crippen LogP contribution in [0.3, 0.4) is 0 Å². The lowest BCUT2D eigenvalue weighted by Crippen LogP contribution is -2.39. The maximum Gasteiger partial charge on any atom is 0.335 e. The third-order valence-corrected chi connectivity index (χ3v) is 5.05. The van der Waals surface area contributed by atoms with Crippen LogP contribution < -0.4 is 0 Å². The Kier molecular flexibility index (Phi) is 4.89. The summed E-state index contributed by atoms with van der Waals surface area (Å²) in [5.74, 6) is -0.922. The first kappa shape index (κ1) is 17.9. The van der Waals surface area contributed by atoms with E-state index in [9.17, 15) is 14.7 Å². The highest BCUT2D eigenvalue weighted by molar-refractivity contribution is 5.93. The largest absolute Gasteiger partial charge is 0.478 e. The molecule has 1 fully saturated rings. The van der Waals surface area contributed by atoms with Gasteiger partial charge in [-0.2, -0.15) is 5.10 Å². The summed E-state index contributed by atoms with van der Waals surface area (Å²) in [7, 11) is 0. The van der Waals surface area contributed by atoms with E-state index in [-0.39, 0.29) is 17.4 Å². The van der Waals surface area contributed by atoms with Crippen LogP contribution in [0.5, 0.6) is 0 Å². The number of nitrogens with zero attached hydrogens (tertiary/aromatic N) is 3. The summed E-state index contributed by atoms with van der Waals surface area (Å²) in [5.41, 5.74) is 3.00. The Morgan fingerprint density at radius 1 is 1.11 bits per heavy atom. The number of aromatic amines is 1. The van der Waals surface area contributed by atoms with Crippen LogP contribution in [-0.4, -0.2) is 50.2 Å². The molecular formula is C21H20N4O3. The third-order valence-electron chi connectivity index (χ3n) is 5.05. The zero-order chi connectivity index (χ0) is 19.5. The fourth-order valence-corrected chi connectivity index (χ4v) is 3.61. The maximum absolute atomic E-state index is 12.9. The van der Waals surface area contributed by atoms with Crippen LogP contribution in [0.25, 0.3) is 11.4 Å². The fraction of sp³-hybridized carbons (Fsp3) is 0.238. The van der Waals surface area contributed by atoms with Gasteiger partial charge in [0.05, 0.1) is 11.3 Å². The highest BCUT2D eigenvalue weighted by Gasteiger charge is 2.27. The fourth-order valence-electron chi connectivity index (χ4n) is 3.61. The molecule has 3 aromatic rings. The quantitative estimate of drug-likeness (QED) is 0.728. The van der Waals surface area contributed by atoms with Crippen molar-refractivity contribution < 1.29 is 14.7 Å². The van der Waals surface area contributed by atoms with Crippen molar-refractivity contribution >= 4 is 11.9 Å². The van der Waals surface area contributed by atoms with Crippen molar-refractivity contribution in [3.63, 3.8) is 0 Å². The van der Waals surface area contributed by atoms with Gasteiger partial charge in [-0.3, -0.25) is 14.9 Å². The number of H-pyrrole nitrogens is 1. The van der Waals surface area contributed by atoms with E-state index in [0.717, 1.165) is 18.4 Å². The number of nitrogens with one attached hydrogen (secondary N) is 1. The van der Waals surface area contributed by atoms with E-state index < -0.39 is 5.97 Å². The van der Waals surface area contributed by atoms with Crippen LogP contribution in [0.4, 0.5) is 0 Å². The zero-order valence-corrected chi connectivity index (χ0v) is 15.2. The lowest BCUT2D eigenvalue weighted by Gasteiger charge is -2.32. The molecule has 1 aromatic carbocycles. The molecule has 0 radical (unpaired) electrons. The second-order valence-corrected chi connectivity index (χ2v) is 6.90. The second-order valence-electron chi connectivity index (χ2n) is 6.90. The standard InChI is InChI=1S/C21H20N4O3/c26-20(19-12-18(23-24-19)17-8-1-2-9-22-17)25-10-4-7-16(13-25)14-5-3-6-15(11-14)21(27)28/h1-3,5-6,8-9,11-12,16H,4,7,10,13H2,(H,23,24)(H,27,28)/t16-/m0/s1. The Balaban J connectivity index is 1.50. The average Bonchev–Trinajstić information content (AvgIpc) is 3.24. The van der Waals surface area contributed by atoms with E-state index in [1.807, 2.05) is 24.3 Å². The first-order valence-electron chi connectivity index (χ1n) is 9.21. The van der Waals surface area contributed by atoms with Crippen LogP contribution in [0.2, 0.25) is 0 Å². The molecule has 2 N–H and O–H groups in total. The summed E-state index contributed by atoms with van der Waals surface area (Å²) in [6.45, 7) is 1.23. The van der Waals surface area contributed by atoms with Crippen molar-refractivity contribution in [3.05, 3.63) is 71.5 Å². The molecule has 28 heavy (non-hydrogen) atoms. The van der Waals surface area contributed by atoms with Crippen LogP contribution in [0.1, 0.15) is 45.2 Å². The summed E-state index contributed by atoms with van der Waals surface area (Å²) in [4.78, 5) is 30.2. The molecule has 4 rings (SSSR count). The molecule has 0 bridgehead atoms. The van der Waals surface area contributed by atoms with Crippen molar-refractivity contribution in [2.24, 2.45) is 0 Å².